The van der Waals surface area contributed by atoms with E-state index in [0.717, 1.165) is 12.8 Å². The summed E-state index contributed by atoms with van der Waals surface area (Å²) in [6.07, 6.45) is 4.28. The van der Waals surface area contributed by atoms with Crippen LogP contribution in [0.3, 0.4) is 0 Å². The summed E-state index contributed by atoms with van der Waals surface area (Å²) in [7, 11) is 0. The van der Waals surface area contributed by atoms with Crippen LogP contribution < -0.4 is 0 Å². The number of rotatable bonds is 5. The molecule has 2 nitrogen and oxygen atoms in total. The number of hydrogen-bond acceptors (Lipinski definition) is 2. The number of unbranched alkanes of at least 4 members (excludes halogenated alkanes) is 2. The fraction of sp³-hybridized carbons (Fsp3) is 1.00. The van der Waals surface area contributed by atoms with Gasteiger partial charge in [0.05, 0.1) is 11.7 Å². The third-order valence-electron chi connectivity index (χ3n) is 2.51. The minimum atomic E-state index is -0.244. The Bertz CT molecular complexity index is 143. The molecule has 0 amide bonds. The maximum atomic E-state index is 9.63. The molecule has 1 saturated heterocycles. The average Bonchev–Trinajstić information content (AvgIpc) is 2.60. The normalized spacial score (nSPS) is 28.5. The molecule has 0 saturated carbocycles. The molecule has 1 heterocycles. The molecule has 0 aliphatic carbocycles. The van der Waals surface area contributed by atoms with Crippen molar-refractivity contribution in [3.8, 4) is 0 Å². The monoisotopic (exact) mass is 172 g/mol. The number of hydrogen-bond donors (Lipinski definition) is 1. The van der Waals surface area contributed by atoms with Gasteiger partial charge >= 0.3 is 0 Å². The Morgan fingerprint density at radius 2 is 2.00 bits per heavy atom. The molecule has 2 heteroatoms. The zero-order valence-electron chi connectivity index (χ0n) is 8.34. The molecule has 0 unspecified atom stereocenters. The zero-order chi connectivity index (χ0) is 9.19. The molecule has 0 bridgehead atoms. The van der Waals surface area contributed by atoms with E-state index in [1.165, 1.54) is 12.8 Å². The van der Waals surface area contributed by atoms with Crippen LogP contribution >= 0.6 is 0 Å². The Balaban J connectivity index is 2.09. The van der Waals surface area contributed by atoms with Gasteiger partial charge in [-0.15, -0.1) is 0 Å². The van der Waals surface area contributed by atoms with Crippen molar-refractivity contribution in [3.05, 3.63) is 0 Å². The van der Waals surface area contributed by atoms with E-state index >= 15 is 0 Å². The van der Waals surface area contributed by atoms with Crippen molar-refractivity contribution in [1.82, 2.24) is 0 Å². The van der Waals surface area contributed by atoms with Crippen molar-refractivity contribution in [2.24, 2.45) is 0 Å². The van der Waals surface area contributed by atoms with Gasteiger partial charge in [0.2, 0.25) is 0 Å². The lowest BCUT2D eigenvalue weighted by atomic mass is 10.0. The highest BCUT2D eigenvalue weighted by atomic mass is 16.6. The summed E-state index contributed by atoms with van der Waals surface area (Å²) in [4.78, 5) is 0. The van der Waals surface area contributed by atoms with Crippen LogP contribution in [0.1, 0.15) is 46.5 Å². The molecule has 0 aromatic carbocycles. The highest BCUT2D eigenvalue weighted by Gasteiger charge is 2.51. The van der Waals surface area contributed by atoms with Gasteiger partial charge in [0, 0.05) is 0 Å². The minimum Gasteiger partial charge on any atom is -0.390 e. The molecule has 12 heavy (non-hydrogen) atoms. The molecule has 1 fully saturated rings. The molecule has 2 atom stereocenters. The topological polar surface area (TPSA) is 32.8 Å². The molecule has 0 aromatic heterocycles. The smallest absolute Gasteiger partial charge is 0.113 e. The van der Waals surface area contributed by atoms with Crippen molar-refractivity contribution in [1.29, 1.82) is 0 Å². The van der Waals surface area contributed by atoms with Gasteiger partial charge < -0.3 is 9.84 Å². The van der Waals surface area contributed by atoms with E-state index < -0.39 is 0 Å². The number of ether oxygens (including phenoxy) is 1. The molecule has 1 aliphatic rings. The first kappa shape index (κ1) is 10.0. The van der Waals surface area contributed by atoms with Crippen molar-refractivity contribution < 1.29 is 9.84 Å². The van der Waals surface area contributed by atoms with Gasteiger partial charge in [-0.1, -0.05) is 26.2 Å². The van der Waals surface area contributed by atoms with Crippen LogP contribution in [-0.2, 0) is 4.74 Å². The van der Waals surface area contributed by atoms with E-state index in [-0.39, 0.29) is 17.8 Å². The lowest BCUT2D eigenvalue weighted by molar-refractivity contribution is 0.123. The predicted octanol–water partition coefficient (Wildman–Crippen LogP) is 2.10. The summed E-state index contributed by atoms with van der Waals surface area (Å²) < 4.78 is 5.35. The standard InChI is InChI=1S/C10H20O2/c1-4-5-6-7-8(11)9-10(2,3)12-9/h8-9,11H,4-7H2,1-3H3/t8-,9-/m0/s1. The number of aliphatic hydroxyl groups is 1. The van der Waals surface area contributed by atoms with Crippen LogP contribution in [0.2, 0.25) is 0 Å². The van der Waals surface area contributed by atoms with Gasteiger partial charge in [-0.3, -0.25) is 0 Å². The van der Waals surface area contributed by atoms with Gasteiger partial charge in [-0.05, 0) is 20.3 Å². The third-order valence-corrected chi connectivity index (χ3v) is 2.51. The van der Waals surface area contributed by atoms with Crippen molar-refractivity contribution in [2.45, 2.75) is 64.3 Å². The summed E-state index contributed by atoms with van der Waals surface area (Å²) in [5.74, 6) is 0. The maximum absolute atomic E-state index is 9.63. The first-order chi connectivity index (χ1) is 5.58. The fourth-order valence-corrected chi connectivity index (χ4v) is 1.59. The first-order valence-corrected chi connectivity index (χ1v) is 4.94. The molecule has 1 N–H and O–H groups in total. The second kappa shape index (κ2) is 3.75. The molecule has 1 aliphatic heterocycles. The Kier molecular flexibility index (Phi) is 3.13. The van der Waals surface area contributed by atoms with E-state index in [4.69, 9.17) is 4.74 Å². The van der Waals surface area contributed by atoms with Crippen molar-refractivity contribution >= 4 is 0 Å². The first-order valence-electron chi connectivity index (χ1n) is 4.94. The van der Waals surface area contributed by atoms with Crippen LogP contribution in [0, 0.1) is 0 Å². The van der Waals surface area contributed by atoms with E-state index in [1.54, 1.807) is 0 Å². The van der Waals surface area contributed by atoms with Gasteiger partial charge in [0.1, 0.15) is 6.10 Å². The SMILES string of the molecule is CCCCC[C@H](O)[C@@H]1OC1(C)C. The van der Waals surface area contributed by atoms with Crippen LogP contribution in [0.15, 0.2) is 0 Å². The minimum absolute atomic E-state index is 0.0639. The third kappa shape index (κ3) is 2.46. The van der Waals surface area contributed by atoms with Gasteiger partial charge in [0.25, 0.3) is 0 Å². The van der Waals surface area contributed by atoms with Crippen LogP contribution in [0.25, 0.3) is 0 Å². The van der Waals surface area contributed by atoms with Crippen LogP contribution in [-0.4, -0.2) is 22.9 Å². The second-order valence-corrected chi connectivity index (χ2v) is 4.21. The average molecular weight is 172 g/mol. The Morgan fingerprint density at radius 3 is 2.42 bits per heavy atom. The lowest BCUT2D eigenvalue weighted by Crippen LogP contribution is -2.20. The Morgan fingerprint density at radius 1 is 1.42 bits per heavy atom. The molecule has 1 rings (SSSR count). The highest BCUT2D eigenvalue weighted by molar-refractivity contribution is 4.99. The molecular formula is C10H20O2. The van der Waals surface area contributed by atoms with E-state index in [2.05, 4.69) is 6.92 Å². The zero-order valence-corrected chi connectivity index (χ0v) is 8.34. The lowest BCUT2D eigenvalue weighted by Gasteiger charge is -2.07. The summed E-state index contributed by atoms with van der Waals surface area (Å²) >= 11 is 0. The number of epoxide rings is 1. The molecular weight excluding hydrogens is 152 g/mol. The van der Waals surface area contributed by atoms with Gasteiger partial charge in [-0.25, -0.2) is 0 Å². The largest absolute Gasteiger partial charge is 0.390 e. The summed E-state index contributed by atoms with van der Waals surface area (Å²) in [5.41, 5.74) is -0.0639. The summed E-state index contributed by atoms with van der Waals surface area (Å²) in [5, 5.41) is 9.63. The highest BCUT2D eigenvalue weighted by Crippen LogP contribution is 2.38. The Hall–Kier alpha value is -0.0800. The number of aliphatic hydroxyl groups excluding tert-OH is 1. The summed E-state index contributed by atoms with van der Waals surface area (Å²) in [6.45, 7) is 6.23. The van der Waals surface area contributed by atoms with Crippen LogP contribution in [0.5, 0.6) is 0 Å². The van der Waals surface area contributed by atoms with Crippen molar-refractivity contribution in [2.75, 3.05) is 0 Å². The van der Waals surface area contributed by atoms with E-state index in [0.29, 0.717) is 0 Å². The molecule has 72 valence electrons. The van der Waals surface area contributed by atoms with E-state index in [1.807, 2.05) is 13.8 Å². The Labute approximate surface area is 74.9 Å². The van der Waals surface area contributed by atoms with Gasteiger partial charge in [0.15, 0.2) is 0 Å². The molecule has 0 spiro atoms. The fourth-order valence-electron chi connectivity index (χ4n) is 1.59. The quantitative estimate of drug-likeness (QED) is 0.509. The summed E-state index contributed by atoms with van der Waals surface area (Å²) in [6, 6.07) is 0. The van der Waals surface area contributed by atoms with Crippen LogP contribution in [0.4, 0.5) is 0 Å². The second-order valence-electron chi connectivity index (χ2n) is 4.21. The van der Waals surface area contributed by atoms with E-state index in [9.17, 15) is 5.11 Å². The predicted molar refractivity (Wildman–Crippen MR) is 49.1 cm³/mol. The van der Waals surface area contributed by atoms with Crippen molar-refractivity contribution in [3.63, 3.8) is 0 Å². The maximum Gasteiger partial charge on any atom is 0.113 e. The van der Waals surface area contributed by atoms with Gasteiger partial charge in [-0.2, -0.15) is 0 Å². The molecule has 0 aromatic rings. The molecule has 0 radical (unpaired) electrons.